The number of rotatable bonds is 4. The largest absolute Gasteiger partial charge is 0.457 e. The number of fused-ring (bicyclic) bond motifs is 4. The van der Waals surface area contributed by atoms with Gasteiger partial charge in [0.15, 0.2) is 0 Å². The van der Waals surface area contributed by atoms with Gasteiger partial charge in [0.25, 0.3) is 0 Å². The molecule has 1 aromatic heterocycles. The highest BCUT2D eigenvalue weighted by Crippen LogP contribution is 2.53. The molecule has 1 unspecified atom stereocenters. The molecule has 2 heterocycles. The summed E-state index contributed by atoms with van der Waals surface area (Å²) in [6.45, 7) is 11.4. The van der Waals surface area contributed by atoms with Crippen molar-refractivity contribution < 1.29 is 4.74 Å². The topological polar surface area (TPSA) is 14.2 Å². The lowest BCUT2D eigenvalue weighted by Gasteiger charge is -2.37. The lowest BCUT2D eigenvalue weighted by molar-refractivity contribution is 0.467. The van der Waals surface area contributed by atoms with Crippen molar-refractivity contribution in [2.24, 2.45) is 7.05 Å². The second-order valence-electron chi connectivity index (χ2n) is 11.0. The summed E-state index contributed by atoms with van der Waals surface area (Å²) in [7, 11) is 2.22. The minimum atomic E-state index is 0.0124. The Hall–Kier alpha value is -2.91. The van der Waals surface area contributed by atoms with Gasteiger partial charge in [0, 0.05) is 39.2 Å². The number of hydrogen-bond donors (Lipinski definition) is 0. The van der Waals surface area contributed by atoms with Crippen LogP contribution < -0.4 is 4.74 Å². The van der Waals surface area contributed by atoms with Crippen LogP contribution in [0.3, 0.4) is 0 Å². The van der Waals surface area contributed by atoms with E-state index in [1.807, 2.05) is 11.8 Å². The van der Waals surface area contributed by atoms with E-state index in [0.29, 0.717) is 5.92 Å². The van der Waals surface area contributed by atoms with Crippen LogP contribution in [-0.4, -0.2) is 4.57 Å². The van der Waals surface area contributed by atoms with Gasteiger partial charge in [-0.05, 0) is 89.6 Å². The van der Waals surface area contributed by atoms with Crippen LogP contribution >= 0.6 is 11.8 Å². The Morgan fingerprint density at radius 3 is 2.56 bits per heavy atom. The molecule has 2 nitrogen and oxygen atoms in total. The number of aryl methyl sites for hydroxylation is 2. The molecule has 3 heteroatoms. The van der Waals surface area contributed by atoms with Gasteiger partial charge < -0.3 is 9.30 Å². The van der Waals surface area contributed by atoms with E-state index in [1.165, 1.54) is 48.3 Å². The SMILES string of the molecule is CCC(C)c1cc2c(cc1Oc1ccccc1C)c1cc3c(cc1n2C)C(C)(C)C1=C(CCC=C1)S3. The fraction of sp³-hybridized carbons (Fsp3) is 0.333. The molecule has 184 valence electrons. The zero-order valence-corrected chi connectivity index (χ0v) is 23.1. The first-order valence-electron chi connectivity index (χ1n) is 13.2. The lowest BCUT2D eigenvalue weighted by atomic mass is 9.75. The number of ether oxygens (including phenoxy) is 1. The monoisotopic (exact) mass is 493 g/mol. The standard InChI is InChI=1S/C33H35NOS/c1-7-20(2)22-16-27-23(17-30(22)35-29-14-10-8-12-21(29)3)24-18-32-26(19-28(24)34(27)6)33(4,5)25-13-9-11-15-31(25)36-32/h8-10,12-14,16-20H,7,11,15H2,1-6H3. The van der Waals surface area contributed by atoms with Gasteiger partial charge in [-0.15, -0.1) is 0 Å². The maximum absolute atomic E-state index is 6.62. The number of hydrogen-bond acceptors (Lipinski definition) is 2. The molecular formula is C33H35NOS. The van der Waals surface area contributed by atoms with E-state index >= 15 is 0 Å². The normalized spacial score (nSPS) is 17.4. The Bertz CT molecular complexity index is 1580. The van der Waals surface area contributed by atoms with E-state index in [-0.39, 0.29) is 5.41 Å². The first-order valence-corrected chi connectivity index (χ1v) is 14.0. The van der Waals surface area contributed by atoms with Gasteiger partial charge in [-0.3, -0.25) is 0 Å². The number of nitrogens with zero attached hydrogens (tertiary/aromatic N) is 1. The van der Waals surface area contributed by atoms with Crippen molar-refractivity contribution in [3.63, 3.8) is 0 Å². The van der Waals surface area contributed by atoms with Crippen LogP contribution in [0.25, 0.3) is 21.8 Å². The second kappa shape index (κ2) is 8.59. The maximum Gasteiger partial charge on any atom is 0.131 e. The van der Waals surface area contributed by atoms with Crippen molar-refractivity contribution >= 4 is 33.6 Å². The molecule has 0 amide bonds. The quantitative estimate of drug-likeness (QED) is 0.281. The molecule has 3 aromatic carbocycles. The summed E-state index contributed by atoms with van der Waals surface area (Å²) in [6, 6.07) is 17.9. The highest BCUT2D eigenvalue weighted by Gasteiger charge is 2.35. The third-order valence-corrected chi connectivity index (χ3v) is 9.63. The first kappa shape index (κ1) is 23.5. The van der Waals surface area contributed by atoms with Crippen LogP contribution in [-0.2, 0) is 12.5 Å². The number of para-hydroxylation sites is 1. The Morgan fingerprint density at radius 2 is 1.78 bits per heavy atom. The molecule has 1 aliphatic heterocycles. The summed E-state index contributed by atoms with van der Waals surface area (Å²) >= 11 is 1.98. The van der Waals surface area contributed by atoms with Gasteiger partial charge >= 0.3 is 0 Å². The van der Waals surface area contributed by atoms with Gasteiger partial charge in [-0.25, -0.2) is 0 Å². The molecule has 4 aromatic rings. The van der Waals surface area contributed by atoms with Gasteiger partial charge in [-0.1, -0.05) is 69.8 Å². The van der Waals surface area contributed by atoms with E-state index in [4.69, 9.17) is 4.74 Å². The summed E-state index contributed by atoms with van der Waals surface area (Å²) < 4.78 is 9.00. The number of aromatic nitrogens is 1. The van der Waals surface area contributed by atoms with E-state index in [1.54, 1.807) is 0 Å². The van der Waals surface area contributed by atoms with Gasteiger partial charge in [0.05, 0.1) is 0 Å². The molecule has 0 saturated carbocycles. The van der Waals surface area contributed by atoms with Crippen molar-refractivity contribution in [1.82, 2.24) is 4.57 Å². The average Bonchev–Trinajstić information content (AvgIpc) is 3.14. The van der Waals surface area contributed by atoms with Crippen molar-refractivity contribution in [3.05, 3.63) is 87.9 Å². The fourth-order valence-electron chi connectivity index (χ4n) is 5.91. The van der Waals surface area contributed by atoms with Crippen LogP contribution in [0, 0.1) is 6.92 Å². The summed E-state index contributed by atoms with van der Waals surface area (Å²) in [4.78, 5) is 2.94. The van der Waals surface area contributed by atoms with Crippen molar-refractivity contribution in [1.29, 1.82) is 0 Å². The zero-order valence-electron chi connectivity index (χ0n) is 22.2. The smallest absolute Gasteiger partial charge is 0.131 e. The first-order chi connectivity index (χ1) is 17.3. The summed E-state index contributed by atoms with van der Waals surface area (Å²) in [5.74, 6) is 2.32. The predicted octanol–water partition coefficient (Wildman–Crippen LogP) is 9.93. The third-order valence-electron chi connectivity index (χ3n) is 8.40. The molecule has 0 spiro atoms. The maximum atomic E-state index is 6.62. The minimum Gasteiger partial charge on any atom is -0.457 e. The Balaban J connectivity index is 1.58. The molecule has 2 aliphatic rings. The molecule has 0 N–H and O–H groups in total. The van der Waals surface area contributed by atoms with Crippen LogP contribution in [0.15, 0.2) is 76.1 Å². The van der Waals surface area contributed by atoms with Gasteiger partial charge in [0.1, 0.15) is 11.5 Å². The fourth-order valence-corrected chi connectivity index (χ4v) is 7.43. The third kappa shape index (κ3) is 3.55. The number of allylic oxidation sites excluding steroid dienone is 4. The van der Waals surface area contributed by atoms with Crippen LogP contribution in [0.2, 0.25) is 0 Å². The molecular weight excluding hydrogens is 458 g/mol. The number of thioether (sulfide) groups is 1. The van der Waals surface area contributed by atoms with Crippen molar-refractivity contribution in [2.75, 3.05) is 0 Å². The molecule has 1 aliphatic carbocycles. The summed E-state index contributed by atoms with van der Waals surface area (Å²) in [5.41, 5.74) is 7.96. The molecule has 36 heavy (non-hydrogen) atoms. The minimum absolute atomic E-state index is 0.0124. The van der Waals surface area contributed by atoms with Crippen molar-refractivity contribution in [2.45, 2.75) is 70.1 Å². The molecule has 0 fully saturated rings. The van der Waals surface area contributed by atoms with Gasteiger partial charge in [-0.2, -0.15) is 0 Å². The molecule has 1 atom stereocenters. The van der Waals surface area contributed by atoms with Crippen molar-refractivity contribution in [3.8, 4) is 11.5 Å². The van der Waals surface area contributed by atoms with E-state index in [2.05, 4.69) is 107 Å². The van der Waals surface area contributed by atoms with Crippen LogP contribution in [0.5, 0.6) is 11.5 Å². The van der Waals surface area contributed by atoms with Gasteiger partial charge in [0.2, 0.25) is 0 Å². The predicted molar refractivity (Wildman–Crippen MR) is 155 cm³/mol. The lowest BCUT2D eigenvalue weighted by Crippen LogP contribution is -2.25. The Kier molecular flexibility index (Phi) is 5.60. The highest BCUT2D eigenvalue weighted by atomic mass is 32.2. The zero-order chi connectivity index (χ0) is 25.2. The summed E-state index contributed by atoms with van der Waals surface area (Å²) in [5, 5.41) is 2.59. The molecule has 0 bridgehead atoms. The Labute approximate surface area is 219 Å². The molecule has 0 saturated heterocycles. The van der Waals surface area contributed by atoms with E-state index in [0.717, 1.165) is 36.3 Å². The van der Waals surface area contributed by atoms with E-state index in [9.17, 15) is 0 Å². The highest BCUT2D eigenvalue weighted by molar-refractivity contribution is 8.03. The van der Waals surface area contributed by atoms with E-state index < -0.39 is 0 Å². The second-order valence-corrected chi connectivity index (χ2v) is 12.2. The van der Waals surface area contributed by atoms with Crippen LogP contribution in [0.4, 0.5) is 0 Å². The Morgan fingerprint density at radius 1 is 1.03 bits per heavy atom. The van der Waals surface area contributed by atoms with Crippen LogP contribution in [0.1, 0.15) is 69.6 Å². The molecule has 0 radical (unpaired) electrons. The average molecular weight is 494 g/mol. The summed E-state index contributed by atoms with van der Waals surface area (Å²) in [6.07, 6.45) is 8.08. The number of benzene rings is 3. The molecule has 6 rings (SSSR count).